The summed E-state index contributed by atoms with van der Waals surface area (Å²) in [6.07, 6.45) is 0. The fourth-order valence-corrected chi connectivity index (χ4v) is 1.39. The molecule has 0 radical (unpaired) electrons. The van der Waals surface area contributed by atoms with Gasteiger partial charge in [0.2, 0.25) is 5.89 Å². The van der Waals surface area contributed by atoms with Crippen LogP contribution in [0.4, 0.5) is 0 Å². The van der Waals surface area contributed by atoms with Crippen LogP contribution in [-0.2, 0) is 13.2 Å². The SMILES string of the molecule is CCOc1cccc(OCc2nnc(CN)o2)c1. The number of hydrogen-bond acceptors (Lipinski definition) is 6. The Kier molecular flexibility index (Phi) is 4.14. The van der Waals surface area contributed by atoms with E-state index in [0.717, 1.165) is 5.75 Å². The van der Waals surface area contributed by atoms with Gasteiger partial charge in [-0.25, -0.2) is 0 Å². The molecule has 0 unspecified atom stereocenters. The van der Waals surface area contributed by atoms with Crippen LogP contribution in [0.2, 0.25) is 0 Å². The largest absolute Gasteiger partial charge is 0.494 e. The van der Waals surface area contributed by atoms with Gasteiger partial charge in [0.15, 0.2) is 6.61 Å². The van der Waals surface area contributed by atoms with Crippen molar-refractivity contribution in [2.45, 2.75) is 20.1 Å². The van der Waals surface area contributed by atoms with Crippen molar-refractivity contribution in [2.75, 3.05) is 6.61 Å². The van der Waals surface area contributed by atoms with E-state index in [-0.39, 0.29) is 13.2 Å². The summed E-state index contributed by atoms with van der Waals surface area (Å²) >= 11 is 0. The molecule has 0 aliphatic carbocycles. The van der Waals surface area contributed by atoms with Crippen LogP contribution in [0, 0.1) is 0 Å². The zero-order valence-corrected chi connectivity index (χ0v) is 10.1. The molecular weight excluding hydrogens is 234 g/mol. The summed E-state index contributed by atoms with van der Waals surface area (Å²) in [5.74, 6) is 2.26. The van der Waals surface area contributed by atoms with Gasteiger partial charge in [0.1, 0.15) is 11.5 Å². The summed E-state index contributed by atoms with van der Waals surface area (Å²) in [6.45, 7) is 2.99. The summed E-state index contributed by atoms with van der Waals surface area (Å²) in [6, 6.07) is 7.38. The molecule has 6 heteroatoms. The smallest absolute Gasteiger partial charge is 0.253 e. The van der Waals surface area contributed by atoms with Crippen molar-refractivity contribution in [3.05, 3.63) is 36.0 Å². The molecule has 2 N–H and O–H groups in total. The molecule has 2 aromatic rings. The van der Waals surface area contributed by atoms with Gasteiger partial charge in [-0.2, -0.15) is 0 Å². The molecule has 0 spiro atoms. The van der Waals surface area contributed by atoms with Crippen LogP contribution in [0.25, 0.3) is 0 Å². The lowest BCUT2D eigenvalue weighted by Gasteiger charge is -2.06. The molecular formula is C12H15N3O3. The van der Waals surface area contributed by atoms with E-state index in [2.05, 4.69) is 10.2 Å². The van der Waals surface area contributed by atoms with Gasteiger partial charge in [0.05, 0.1) is 13.2 Å². The summed E-state index contributed by atoms with van der Waals surface area (Å²) in [4.78, 5) is 0. The minimum absolute atomic E-state index is 0.211. The lowest BCUT2D eigenvalue weighted by Crippen LogP contribution is -1.97. The summed E-state index contributed by atoms with van der Waals surface area (Å²) in [5.41, 5.74) is 5.37. The Bertz CT molecular complexity index is 499. The lowest BCUT2D eigenvalue weighted by atomic mass is 10.3. The monoisotopic (exact) mass is 249 g/mol. The predicted octanol–water partition coefficient (Wildman–Crippen LogP) is 1.51. The number of benzene rings is 1. The molecule has 1 heterocycles. The first-order chi connectivity index (χ1) is 8.81. The van der Waals surface area contributed by atoms with Crippen molar-refractivity contribution >= 4 is 0 Å². The van der Waals surface area contributed by atoms with Gasteiger partial charge < -0.3 is 19.6 Å². The zero-order chi connectivity index (χ0) is 12.8. The van der Waals surface area contributed by atoms with Crippen molar-refractivity contribution in [1.82, 2.24) is 10.2 Å². The Balaban J connectivity index is 1.94. The summed E-state index contributed by atoms with van der Waals surface area (Å²) in [5, 5.41) is 7.56. The number of hydrogen-bond donors (Lipinski definition) is 1. The van der Waals surface area contributed by atoms with E-state index < -0.39 is 0 Å². The van der Waals surface area contributed by atoms with Gasteiger partial charge in [-0.05, 0) is 19.1 Å². The average molecular weight is 249 g/mol. The van der Waals surface area contributed by atoms with E-state index in [1.165, 1.54) is 0 Å². The third-order valence-corrected chi connectivity index (χ3v) is 2.16. The fraction of sp³-hybridized carbons (Fsp3) is 0.333. The van der Waals surface area contributed by atoms with Gasteiger partial charge in [0.25, 0.3) is 5.89 Å². The Hall–Kier alpha value is -2.08. The molecule has 0 aliphatic heterocycles. The minimum Gasteiger partial charge on any atom is -0.494 e. The van der Waals surface area contributed by atoms with Gasteiger partial charge >= 0.3 is 0 Å². The second kappa shape index (κ2) is 6.02. The Morgan fingerprint density at radius 1 is 1.17 bits per heavy atom. The van der Waals surface area contributed by atoms with Gasteiger partial charge in [0, 0.05) is 6.07 Å². The first kappa shape index (κ1) is 12.4. The maximum Gasteiger partial charge on any atom is 0.253 e. The highest BCUT2D eigenvalue weighted by Crippen LogP contribution is 2.20. The van der Waals surface area contributed by atoms with Gasteiger partial charge in [-0.15, -0.1) is 10.2 Å². The molecule has 0 saturated carbocycles. The van der Waals surface area contributed by atoms with E-state index in [9.17, 15) is 0 Å². The molecule has 96 valence electrons. The summed E-state index contributed by atoms with van der Waals surface area (Å²) in [7, 11) is 0. The maximum atomic E-state index is 5.52. The van der Waals surface area contributed by atoms with Crippen molar-refractivity contribution in [3.63, 3.8) is 0 Å². The molecule has 18 heavy (non-hydrogen) atoms. The van der Waals surface area contributed by atoms with Crippen LogP contribution < -0.4 is 15.2 Å². The highest BCUT2D eigenvalue weighted by Gasteiger charge is 2.05. The lowest BCUT2D eigenvalue weighted by molar-refractivity contribution is 0.257. The van der Waals surface area contributed by atoms with E-state index >= 15 is 0 Å². The first-order valence-corrected chi connectivity index (χ1v) is 5.68. The topological polar surface area (TPSA) is 83.4 Å². The number of ether oxygens (including phenoxy) is 2. The van der Waals surface area contributed by atoms with Crippen LogP contribution in [0.5, 0.6) is 11.5 Å². The average Bonchev–Trinajstić information content (AvgIpc) is 2.85. The molecule has 0 fully saturated rings. The number of nitrogens with zero attached hydrogens (tertiary/aromatic N) is 2. The predicted molar refractivity (Wildman–Crippen MR) is 64.1 cm³/mol. The van der Waals surface area contributed by atoms with Crippen LogP contribution in [0.15, 0.2) is 28.7 Å². The van der Waals surface area contributed by atoms with Crippen molar-refractivity contribution < 1.29 is 13.9 Å². The molecule has 6 nitrogen and oxygen atoms in total. The Morgan fingerprint density at radius 3 is 2.56 bits per heavy atom. The van der Waals surface area contributed by atoms with Crippen molar-refractivity contribution in [1.29, 1.82) is 0 Å². The third-order valence-electron chi connectivity index (χ3n) is 2.16. The van der Waals surface area contributed by atoms with Gasteiger partial charge in [-0.1, -0.05) is 6.07 Å². The molecule has 2 rings (SSSR count). The van der Waals surface area contributed by atoms with Crippen molar-refractivity contribution in [2.24, 2.45) is 5.73 Å². The maximum absolute atomic E-state index is 5.52. The third kappa shape index (κ3) is 3.21. The van der Waals surface area contributed by atoms with E-state index in [1.54, 1.807) is 0 Å². The highest BCUT2D eigenvalue weighted by atomic mass is 16.5. The molecule has 0 bridgehead atoms. The summed E-state index contributed by atoms with van der Waals surface area (Å²) < 4.78 is 16.1. The van der Waals surface area contributed by atoms with Crippen LogP contribution >= 0.6 is 0 Å². The Morgan fingerprint density at radius 2 is 1.89 bits per heavy atom. The molecule has 0 amide bonds. The van der Waals surface area contributed by atoms with E-state index in [0.29, 0.717) is 24.1 Å². The second-order valence-electron chi connectivity index (χ2n) is 3.49. The van der Waals surface area contributed by atoms with Crippen LogP contribution in [0.3, 0.4) is 0 Å². The highest BCUT2D eigenvalue weighted by molar-refractivity contribution is 5.32. The fourth-order valence-electron chi connectivity index (χ4n) is 1.39. The molecule has 0 saturated heterocycles. The van der Waals surface area contributed by atoms with E-state index in [1.807, 2.05) is 31.2 Å². The number of nitrogens with two attached hydrogens (primary N) is 1. The Labute approximate surface area is 105 Å². The number of aromatic nitrogens is 2. The normalized spacial score (nSPS) is 10.3. The molecule has 1 aromatic heterocycles. The van der Waals surface area contributed by atoms with Crippen molar-refractivity contribution in [3.8, 4) is 11.5 Å². The van der Waals surface area contributed by atoms with Crippen LogP contribution in [0.1, 0.15) is 18.7 Å². The molecule has 0 aliphatic rings. The van der Waals surface area contributed by atoms with Crippen LogP contribution in [-0.4, -0.2) is 16.8 Å². The minimum atomic E-state index is 0.211. The first-order valence-electron chi connectivity index (χ1n) is 5.68. The second-order valence-corrected chi connectivity index (χ2v) is 3.49. The molecule has 0 atom stereocenters. The van der Waals surface area contributed by atoms with E-state index in [4.69, 9.17) is 19.6 Å². The number of rotatable bonds is 6. The quantitative estimate of drug-likeness (QED) is 0.835. The molecule has 1 aromatic carbocycles. The standard InChI is InChI=1S/C12H15N3O3/c1-2-16-9-4-3-5-10(6-9)17-8-12-15-14-11(7-13)18-12/h3-6H,2,7-8,13H2,1H3. The van der Waals surface area contributed by atoms with Gasteiger partial charge in [-0.3, -0.25) is 0 Å². The zero-order valence-electron chi connectivity index (χ0n) is 10.1.